The van der Waals surface area contributed by atoms with Crippen molar-refractivity contribution in [1.82, 2.24) is 9.78 Å². The molecule has 1 aromatic heterocycles. The van der Waals surface area contributed by atoms with Gasteiger partial charge < -0.3 is 24.1 Å². The van der Waals surface area contributed by atoms with Gasteiger partial charge in [-0.15, -0.1) is 0 Å². The average Bonchev–Trinajstić information content (AvgIpc) is 3.23. The summed E-state index contributed by atoms with van der Waals surface area (Å²) in [5.41, 5.74) is 0.587. The number of rotatable bonds is 9. The molecule has 1 heterocycles. The summed E-state index contributed by atoms with van der Waals surface area (Å²) in [6.07, 6.45) is 0. The van der Waals surface area contributed by atoms with Crippen molar-refractivity contribution in [3.63, 3.8) is 0 Å². The third-order valence-electron chi connectivity index (χ3n) is 4.58. The number of methoxy groups -OCH3 is 2. The Balaban J connectivity index is 2.30. The van der Waals surface area contributed by atoms with E-state index >= 15 is 0 Å². The number of halogens is 1. The number of hydrogen-bond donors (Lipinski definition) is 1. The highest BCUT2D eigenvalue weighted by Crippen LogP contribution is 2.41. The second-order valence-electron chi connectivity index (χ2n) is 6.70. The Morgan fingerprint density at radius 2 is 1.71 bits per heavy atom. The number of aromatic nitrogens is 2. The Kier molecular flexibility index (Phi) is 7.75. The van der Waals surface area contributed by atoms with E-state index in [1.165, 1.54) is 31.0 Å². The van der Waals surface area contributed by atoms with Crippen molar-refractivity contribution < 1.29 is 38.4 Å². The van der Waals surface area contributed by atoms with Crippen LogP contribution < -0.4 is 9.47 Å². The molecule has 11 heteroatoms. The lowest BCUT2D eigenvalue weighted by Crippen LogP contribution is -2.15. The first-order valence-electron chi connectivity index (χ1n) is 9.98. The minimum Gasteiger partial charge on any atom is -0.490 e. The van der Waals surface area contributed by atoms with Crippen LogP contribution in [-0.2, 0) is 14.3 Å². The van der Waals surface area contributed by atoms with Crippen LogP contribution in [0.25, 0.3) is 16.9 Å². The molecule has 3 aromatic rings. The van der Waals surface area contributed by atoms with E-state index in [0.29, 0.717) is 11.3 Å². The Bertz CT molecular complexity index is 1220. The number of nitrogens with zero attached hydrogens (tertiary/aromatic N) is 2. The molecule has 0 aliphatic carbocycles. The number of carboxylic acid groups (broad SMARTS) is 1. The normalized spacial score (nSPS) is 10.5. The van der Waals surface area contributed by atoms with Gasteiger partial charge in [-0.25, -0.2) is 19.1 Å². The molecule has 0 atom stereocenters. The predicted octanol–water partition coefficient (Wildman–Crippen LogP) is 3.63. The van der Waals surface area contributed by atoms with Crippen molar-refractivity contribution in [2.45, 2.75) is 6.92 Å². The summed E-state index contributed by atoms with van der Waals surface area (Å²) < 4.78 is 22.0. The molecule has 0 saturated carbocycles. The maximum absolute atomic E-state index is 12.8. The standard InChI is InChI=1S/C23H21ClN2O8/c1-4-33-16-11-13(10-15(24)21(16)34-12-17(27)28)19-18(22(29)31-2)20(23(30)32-3)26(25-19)14-8-6-5-7-9-14/h5-11H,4,12H2,1-3H3,(H,27,28). The number of aliphatic carboxylic acids is 1. The lowest BCUT2D eigenvalue weighted by molar-refractivity contribution is -0.139. The van der Waals surface area contributed by atoms with Crippen LogP contribution in [0, 0.1) is 0 Å². The van der Waals surface area contributed by atoms with Crippen LogP contribution >= 0.6 is 11.6 Å². The Labute approximate surface area is 199 Å². The third-order valence-corrected chi connectivity index (χ3v) is 4.86. The number of para-hydroxylation sites is 1. The van der Waals surface area contributed by atoms with Crippen molar-refractivity contribution in [1.29, 1.82) is 0 Å². The highest BCUT2D eigenvalue weighted by molar-refractivity contribution is 6.32. The van der Waals surface area contributed by atoms with E-state index in [9.17, 15) is 14.4 Å². The summed E-state index contributed by atoms with van der Waals surface area (Å²) in [5, 5.41) is 13.5. The van der Waals surface area contributed by atoms with Crippen LogP contribution in [0.3, 0.4) is 0 Å². The van der Waals surface area contributed by atoms with Crippen LogP contribution in [0.15, 0.2) is 42.5 Å². The summed E-state index contributed by atoms with van der Waals surface area (Å²) in [6.45, 7) is 1.31. The quantitative estimate of drug-likeness (QED) is 0.449. The first-order chi connectivity index (χ1) is 16.3. The van der Waals surface area contributed by atoms with Gasteiger partial charge in [0.1, 0.15) is 11.3 Å². The van der Waals surface area contributed by atoms with Crippen molar-refractivity contribution in [2.75, 3.05) is 27.4 Å². The van der Waals surface area contributed by atoms with Gasteiger partial charge in [-0.05, 0) is 31.2 Å². The molecule has 0 unspecified atom stereocenters. The minimum atomic E-state index is -1.19. The Morgan fingerprint density at radius 3 is 2.29 bits per heavy atom. The molecule has 0 bridgehead atoms. The van der Waals surface area contributed by atoms with E-state index in [0.717, 1.165) is 0 Å². The fourth-order valence-electron chi connectivity index (χ4n) is 3.20. The zero-order valence-corrected chi connectivity index (χ0v) is 19.3. The first kappa shape index (κ1) is 24.6. The zero-order valence-electron chi connectivity index (χ0n) is 18.5. The number of esters is 2. The molecule has 0 fully saturated rings. The maximum atomic E-state index is 12.8. The van der Waals surface area contributed by atoms with Crippen molar-refractivity contribution in [3.8, 4) is 28.4 Å². The molecule has 0 radical (unpaired) electrons. The molecule has 34 heavy (non-hydrogen) atoms. The second kappa shape index (κ2) is 10.7. The molecule has 0 spiro atoms. The smallest absolute Gasteiger partial charge is 0.357 e. The summed E-state index contributed by atoms with van der Waals surface area (Å²) in [7, 11) is 2.36. The SMILES string of the molecule is CCOc1cc(-c2nn(-c3ccccc3)c(C(=O)OC)c2C(=O)OC)cc(Cl)c1OCC(=O)O. The number of ether oxygens (including phenoxy) is 4. The summed E-state index contributed by atoms with van der Waals surface area (Å²) in [5.74, 6) is -2.67. The Morgan fingerprint density at radius 1 is 1.03 bits per heavy atom. The van der Waals surface area contributed by atoms with Gasteiger partial charge in [-0.1, -0.05) is 29.8 Å². The van der Waals surface area contributed by atoms with E-state index in [2.05, 4.69) is 5.10 Å². The first-order valence-corrected chi connectivity index (χ1v) is 10.4. The summed E-state index contributed by atoms with van der Waals surface area (Å²) in [4.78, 5) is 36.5. The van der Waals surface area contributed by atoms with Crippen LogP contribution in [0.1, 0.15) is 27.8 Å². The second-order valence-corrected chi connectivity index (χ2v) is 7.11. The fraction of sp³-hybridized carbons (Fsp3) is 0.217. The molecule has 10 nitrogen and oxygen atoms in total. The van der Waals surface area contributed by atoms with E-state index in [1.54, 1.807) is 37.3 Å². The molecule has 0 aliphatic heterocycles. The summed E-state index contributed by atoms with van der Waals surface area (Å²) in [6, 6.07) is 11.6. The maximum Gasteiger partial charge on any atom is 0.357 e. The van der Waals surface area contributed by atoms with Crippen molar-refractivity contribution >= 4 is 29.5 Å². The molecule has 3 rings (SSSR count). The van der Waals surface area contributed by atoms with E-state index in [1.807, 2.05) is 0 Å². The lowest BCUT2D eigenvalue weighted by atomic mass is 10.0. The highest BCUT2D eigenvalue weighted by atomic mass is 35.5. The number of carboxylic acids is 1. The van der Waals surface area contributed by atoms with Crippen LogP contribution in [-0.4, -0.2) is 60.2 Å². The number of carbonyl (C=O) groups is 3. The largest absolute Gasteiger partial charge is 0.490 e. The topological polar surface area (TPSA) is 126 Å². The average molecular weight is 489 g/mol. The van der Waals surface area contributed by atoms with Gasteiger partial charge >= 0.3 is 17.9 Å². The molecule has 2 aromatic carbocycles. The van der Waals surface area contributed by atoms with E-state index in [4.69, 9.17) is 35.7 Å². The van der Waals surface area contributed by atoms with Crippen LogP contribution in [0.4, 0.5) is 0 Å². The third kappa shape index (κ3) is 4.96. The molecular weight excluding hydrogens is 468 g/mol. The van der Waals surface area contributed by atoms with Crippen molar-refractivity contribution in [2.24, 2.45) is 0 Å². The minimum absolute atomic E-state index is 0.0185. The highest BCUT2D eigenvalue weighted by Gasteiger charge is 2.32. The van der Waals surface area contributed by atoms with Gasteiger partial charge in [0.2, 0.25) is 0 Å². The number of hydrogen-bond acceptors (Lipinski definition) is 8. The number of benzene rings is 2. The fourth-order valence-corrected chi connectivity index (χ4v) is 3.46. The molecule has 1 N–H and O–H groups in total. The zero-order chi connectivity index (χ0) is 24.8. The van der Waals surface area contributed by atoms with Gasteiger partial charge in [0.25, 0.3) is 0 Å². The van der Waals surface area contributed by atoms with Gasteiger partial charge in [-0.3, -0.25) is 0 Å². The van der Waals surface area contributed by atoms with Gasteiger partial charge in [-0.2, -0.15) is 5.10 Å². The van der Waals surface area contributed by atoms with E-state index < -0.39 is 24.5 Å². The van der Waals surface area contributed by atoms with Gasteiger partial charge in [0, 0.05) is 5.56 Å². The number of carbonyl (C=O) groups excluding carboxylic acids is 2. The van der Waals surface area contributed by atoms with E-state index in [-0.39, 0.29) is 40.1 Å². The monoisotopic (exact) mass is 488 g/mol. The molecule has 178 valence electrons. The summed E-state index contributed by atoms with van der Waals surface area (Å²) >= 11 is 6.38. The van der Waals surface area contributed by atoms with Gasteiger partial charge in [0.15, 0.2) is 23.8 Å². The molecule has 0 aliphatic rings. The predicted molar refractivity (Wildman–Crippen MR) is 121 cm³/mol. The molecule has 0 saturated heterocycles. The molecule has 0 amide bonds. The van der Waals surface area contributed by atoms with Crippen LogP contribution in [0.5, 0.6) is 11.5 Å². The van der Waals surface area contributed by atoms with Crippen molar-refractivity contribution in [3.05, 3.63) is 58.7 Å². The Hall–Kier alpha value is -4.05. The van der Waals surface area contributed by atoms with Crippen LogP contribution in [0.2, 0.25) is 5.02 Å². The molecular formula is C23H21ClN2O8. The lowest BCUT2D eigenvalue weighted by Gasteiger charge is -2.14. The van der Waals surface area contributed by atoms with Gasteiger partial charge in [0.05, 0.1) is 31.5 Å².